The molecule has 0 atom stereocenters. The minimum absolute atomic E-state index is 0.408. The molecule has 0 aromatic carbocycles. The Labute approximate surface area is 129 Å². The smallest absolute Gasteiger partial charge is 0.322 e. The molecule has 0 aliphatic heterocycles. The number of carbonyl (C=O) groups excluding carboxylic acids is 2. The first-order valence-corrected chi connectivity index (χ1v) is 8.53. The fourth-order valence-corrected chi connectivity index (χ4v) is 2.05. The Balaban J connectivity index is 3.38. The Kier molecular flexibility index (Phi) is 14.2. The predicted molar refractivity (Wildman–Crippen MR) is 87.5 cm³/mol. The molecule has 5 heteroatoms. The van der Waals surface area contributed by atoms with Crippen molar-refractivity contribution in [2.75, 3.05) is 13.1 Å². The molecule has 0 heterocycles. The van der Waals surface area contributed by atoms with Crippen LogP contribution in [0.15, 0.2) is 0 Å². The van der Waals surface area contributed by atoms with Crippen molar-refractivity contribution in [3.63, 3.8) is 0 Å². The molecule has 0 saturated heterocycles. The normalized spacial score (nSPS) is 10.2. The number of unbranched alkanes of at least 4 members (excludes halogenated alkanes) is 8. The summed E-state index contributed by atoms with van der Waals surface area (Å²) in [6.45, 7) is 5.60. The molecule has 3 N–H and O–H groups in total. The van der Waals surface area contributed by atoms with Crippen LogP contribution in [0, 0.1) is 0 Å². The van der Waals surface area contributed by atoms with Crippen LogP contribution in [0.4, 0.5) is 9.59 Å². The van der Waals surface area contributed by atoms with Gasteiger partial charge in [-0.05, 0) is 12.8 Å². The Hall–Kier alpha value is -1.26. The Morgan fingerprint density at radius 3 is 1.38 bits per heavy atom. The number of rotatable bonds is 12. The molecule has 0 spiro atoms. The average Bonchev–Trinajstić information content (AvgIpc) is 2.46. The van der Waals surface area contributed by atoms with Crippen molar-refractivity contribution in [2.45, 2.75) is 78.1 Å². The molecule has 0 aliphatic carbocycles. The summed E-state index contributed by atoms with van der Waals surface area (Å²) in [5.41, 5.74) is 0. The van der Waals surface area contributed by atoms with Gasteiger partial charge in [-0.15, -0.1) is 0 Å². The number of nitrogens with one attached hydrogen (secondary N) is 3. The van der Waals surface area contributed by atoms with Gasteiger partial charge >= 0.3 is 12.1 Å². The molecule has 21 heavy (non-hydrogen) atoms. The first-order valence-electron chi connectivity index (χ1n) is 8.53. The molecule has 0 rings (SSSR count). The number of imide groups is 1. The zero-order chi connectivity index (χ0) is 15.8. The van der Waals surface area contributed by atoms with E-state index in [1.54, 1.807) is 0 Å². The molecule has 5 nitrogen and oxygen atoms in total. The monoisotopic (exact) mass is 299 g/mol. The second-order valence-electron chi connectivity index (χ2n) is 5.47. The van der Waals surface area contributed by atoms with Crippen LogP contribution < -0.4 is 16.0 Å². The van der Waals surface area contributed by atoms with Crippen LogP contribution in [-0.2, 0) is 0 Å². The van der Waals surface area contributed by atoms with E-state index in [-0.39, 0.29) is 0 Å². The fraction of sp³-hybridized carbons (Fsp3) is 0.875. The van der Waals surface area contributed by atoms with E-state index in [0.717, 1.165) is 25.7 Å². The van der Waals surface area contributed by atoms with Gasteiger partial charge in [-0.2, -0.15) is 0 Å². The number of amides is 4. The molecule has 0 aromatic heterocycles. The highest BCUT2D eigenvalue weighted by Crippen LogP contribution is 2.01. The highest BCUT2D eigenvalue weighted by Gasteiger charge is 2.05. The van der Waals surface area contributed by atoms with Crippen molar-refractivity contribution in [3.8, 4) is 0 Å². The van der Waals surface area contributed by atoms with Gasteiger partial charge in [-0.1, -0.05) is 65.2 Å². The van der Waals surface area contributed by atoms with Crippen LogP contribution in [0.25, 0.3) is 0 Å². The molecule has 0 unspecified atom stereocenters. The Bertz CT molecular complexity index is 244. The number of carbonyl (C=O) groups is 2. The number of hydrogen-bond acceptors (Lipinski definition) is 2. The van der Waals surface area contributed by atoms with Crippen LogP contribution >= 0.6 is 0 Å². The average molecular weight is 299 g/mol. The van der Waals surface area contributed by atoms with Crippen LogP contribution in [-0.4, -0.2) is 25.2 Å². The summed E-state index contributed by atoms with van der Waals surface area (Å²) in [5.74, 6) is 0. The standard InChI is InChI=1S/C16H33N3O2/c1-3-5-7-9-11-13-17-15(20)19-16(21)18-14-12-10-8-6-4-2/h3-14H2,1-2H3,(H3,17,18,19,20,21). The molecule has 124 valence electrons. The van der Waals surface area contributed by atoms with Crippen molar-refractivity contribution < 1.29 is 9.59 Å². The first-order chi connectivity index (χ1) is 10.2. The second-order valence-corrected chi connectivity index (χ2v) is 5.47. The second kappa shape index (κ2) is 15.1. The van der Waals surface area contributed by atoms with Crippen molar-refractivity contribution in [1.82, 2.24) is 16.0 Å². The third kappa shape index (κ3) is 15.0. The van der Waals surface area contributed by atoms with Crippen molar-refractivity contribution >= 4 is 12.1 Å². The summed E-state index contributed by atoms with van der Waals surface area (Å²) in [5, 5.41) is 7.68. The van der Waals surface area contributed by atoms with Gasteiger partial charge < -0.3 is 10.6 Å². The van der Waals surface area contributed by atoms with Crippen LogP contribution in [0.2, 0.25) is 0 Å². The molecular formula is C16H33N3O2. The van der Waals surface area contributed by atoms with E-state index in [4.69, 9.17) is 0 Å². The molecule has 0 bridgehead atoms. The predicted octanol–water partition coefficient (Wildman–Crippen LogP) is 3.94. The van der Waals surface area contributed by atoms with E-state index >= 15 is 0 Å². The molecule has 0 aromatic rings. The minimum atomic E-state index is -0.408. The third-order valence-electron chi connectivity index (χ3n) is 3.36. The lowest BCUT2D eigenvalue weighted by molar-refractivity contribution is 0.227. The van der Waals surface area contributed by atoms with Crippen LogP contribution in [0.3, 0.4) is 0 Å². The van der Waals surface area contributed by atoms with E-state index in [9.17, 15) is 9.59 Å². The van der Waals surface area contributed by atoms with E-state index in [1.165, 1.54) is 38.5 Å². The topological polar surface area (TPSA) is 70.2 Å². The van der Waals surface area contributed by atoms with E-state index < -0.39 is 12.1 Å². The maximum atomic E-state index is 11.4. The van der Waals surface area contributed by atoms with Gasteiger partial charge in [-0.3, -0.25) is 5.32 Å². The lowest BCUT2D eigenvalue weighted by Crippen LogP contribution is -2.45. The number of hydrogen-bond donors (Lipinski definition) is 3. The van der Waals surface area contributed by atoms with Gasteiger partial charge in [0.05, 0.1) is 0 Å². The fourth-order valence-electron chi connectivity index (χ4n) is 2.05. The van der Waals surface area contributed by atoms with E-state index in [2.05, 4.69) is 29.8 Å². The van der Waals surface area contributed by atoms with E-state index in [0.29, 0.717) is 13.1 Å². The molecular weight excluding hydrogens is 266 g/mol. The largest absolute Gasteiger partial charge is 0.338 e. The van der Waals surface area contributed by atoms with Crippen molar-refractivity contribution in [1.29, 1.82) is 0 Å². The highest BCUT2D eigenvalue weighted by molar-refractivity contribution is 5.93. The maximum Gasteiger partial charge on any atom is 0.322 e. The van der Waals surface area contributed by atoms with Gasteiger partial charge in [0.25, 0.3) is 0 Å². The summed E-state index contributed by atoms with van der Waals surface area (Å²) >= 11 is 0. The molecule has 0 radical (unpaired) electrons. The van der Waals surface area contributed by atoms with Gasteiger partial charge in [-0.25, -0.2) is 9.59 Å². The lowest BCUT2D eigenvalue weighted by atomic mass is 10.1. The van der Waals surface area contributed by atoms with Gasteiger partial charge in [0, 0.05) is 13.1 Å². The summed E-state index contributed by atoms with van der Waals surface area (Å²) in [7, 11) is 0. The summed E-state index contributed by atoms with van der Waals surface area (Å²) < 4.78 is 0. The van der Waals surface area contributed by atoms with Gasteiger partial charge in [0.15, 0.2) is 0 Å². The Morgan fingerprint density at radius 1 is 0.619 bits per heavy atom. The SMILES string of the molecule is CCCCCCCNC(=O)NC(=O)NCCCCCCC. The Morgan fingerprint density at radius 2 is 1.00 bits per heavy atom. The summed E-state index contributed by atoms with van der Waals surface area (Å²) in [6.07, 6.45) is 11.5. The minimum Gasteiger partial charge on any atom is -0.338 e. The van der Waals surface area contributed by atoms with Gasteiger partial charge in [0.1, 0.15) is 0 Å². The maximum absolute atomic E-state index is 11.4. The summed E-state index contributed by atoms with van der Waals surface area (Å²) in [6, 6.07) is -0.817. The first kappa shape index (κ1) is 19.7. The zero-order valence-electron chi connectivity index (χ0n) is 13.8. The zero-order valence-corrected chi connectivity index (χ0v) is 13.8. The van der Waals surface area contributed by atoms with E-state index in [1.807, 2.05) is 0 Å². The number of urea groups is 2. The quantitative estimate of drug-likeness (QED) is 0.478. The molecule has 4 amide bonds. The lowest BCUT2D eigenvalue weighted by Gasteiger charge is -2.08. The van der Waals surface area contributed by atoms with Gasteiger partial charge in [0.2, 0.25) is 0 Å². The molecule has 0 aliphatic rings. The van der Waals surface area contributed by atoms with Crippen LogP contribution in [0.1, 0.15) is 78.1 Å². The molecule has 0 fully saturated rings. The van der Waals surface area contributed by atoms with Crippen LogP contribution in [0.5, 0.6) is 0 Å². The highest BCUT2D eigenvalue weighted by atomic mass is 16.2. The van der Waals surface area contributed by atoms with Crippen molar-refractivity contribution in [3.05, 3.63) is 0 Å². The third-order valence-corrected chi connectivity index (χ3v) is 3.36. The van der Waals surface area contributed by atoms with Crippen molar-refractivity contribution in [2.24, 2.45) is 0 Å². The summed E-state index contributed by atoms with van der Waals surface area (Å²) in [4.78, 5) is 22.9. The molecule has 0 saturated carbocycles.